The molecule has 260 valence electrons. The molecule has 0 unspecified atom stereocenters. The van der Waals surface area contributed by atoms with Crippen LogP contribution in [-0.4, -0.2) is 0 Å². The first-order chi connectivity index (χ1) is 27.3. The lowest BCUT2D eigenvalue weighted by Gasteiger charge is -2.32. The van der Waals surface area contributed by atoms with Crippen molar-refractivity contribution < 1.29 is 0 Å². The summed E-state index contributed by atoms with van der Waals surface area (Å²) >= 11 is 0. The van der Waals surface area contributed by atoms with Crippen LogP contribution in [0.2, 0.25) is 0 Å². The number of fused-ring (bicyclic) bond motifs is 15. The van der Waals surface area contributed by atoms with Crippen LogP contribution in [0.3, 0.4) is 0 Å². The van der Waals surface area contributed by atoms with Gasteiger partial charge in [0.1, 0.15) is 0 Å². The number of hydrogen-bond donors (Lipinski definition) is 0. The van der Waals surface area contributed by atoms with Crippen molar-refractivity contribution in [3.63, 3.8) is 0 Å². The third-order valence-corrected chi connectivity index (χ3v) is 13.4. The number of anilines is 3. The van der Waals surface area contributed by atoms with Gasteiger partial charge in [0.15, 0.2) is 0 Å². The van der Waals surface area contributed by atoms with E-state index in [1.165, 1.54) is 115 Å². The predicted molar refractivity (Wildman–Crippen MR) is 228 cm³/mol. The lowest BCUT2D eigenvalue weighted by atomic mass is 9.70. The molecule has 12 rings (SSSR count). The predicted octanol–water partition coefficient (Wildman–Crippen LogP) is 14.0. The van der Waals surface area contributed by atoms with Crippen LogP contribution in [0.1, 0.15) is 59.1 Å². The molecule has 0 radical (unpaired) electrons. The van der Waals surface area contributed by atoms with Crippen LogP contribution < -0.4 is 4.90 Å². The maximum atomic E-state index is 2.51. The van der Waals surface area contributed by atoms with E-state index in [1.54, 1.807) is 0 Å². The zero-order chi connectivity index (χ0) is 36.1. The summed E-state index contributed by atoms with van der Waals surface area (Å²) in [4.78, 5) is 2.50. The van der Waals surface area contributed by atoms with Gasteiger partial charge in [-0.2, -0.15) is 0 Å². The first-order valence-corrected chi connectivity index (χ1v) is 19.9. The average Bonchev–Trinajstić information content (AvgIpc) is 4.01. The topological polar surface area (TPSA) is 3.24 Å². The first kappa shape index (κ1) is 31.0. The molecule has 2 spiro atoms. The fourth-order valence-electron chi connectivity index (χ4n) is 11.2. The van der Waals surface area contributed by atoms with Gasteiger partial charge in [-0.15, -0.1) is 0 Å². The van der Waals surface area contributed by atoms with Gasteiger partial charge < -0.3 is 4.90 Å². The van der Waals surface area contributed by atoms with E-state index in [9.17, 15) is 0 Å². The van der Waals surface area contributed by atoms with E-state index in [1.807, 2.05) is 0 Å². The second-order valence-corrected chi connectivity index (χ2v) is 15.9. The summed E-state index contributed by atoms with van der Waals surface area (Å²) in [7, 11) is 0. The van der Waals surface area contributed by atoms with Crippen LogP contribution in [0.15, 0.2) is 188 Å². The molecular weight excluding hydrogens is 663 g/mol. The third-order valence-electron chi connectivity index (χ3n) is 13.4. The molecule has 0 atom stereocenters. The van der Waals surface area contributed by atoms with Gasteiger partial charge in [0.2, 0.25) is 0 Å². The molecule has 8 aromatic rings. The van der Waals surface area contributed by atoms with Gasteiger partial charge >= 0.3 is 0 Å². The van der Waals surface area contributed by atoms with Crippen LogP contribution in [0.4, 0.5) is 17.1 Å². The fourth-order valence-corrected chi connectivity index (χ4v) is 11.2. The van der Waals surface area contributed by atoms with Crippen molar-refractivity contribution in [2.45, 2.75) is 36.5 Å². The van der Waals surface area contributed by atoms with Crippen molar-refractivity contribution in [3.05, 3.63) is 221 Å². The van der Waals surface area contributed by atoms with Crippen LogP contribution in [0, 0.1) is 0 Å². The second kappa shape index (κ2) is 11.5. The van der Waals surface area contributed by atoms with Gasteiger partial charge in [-0.05, 0) is 127 Å². The summed E-state index contributed by atoms with van der Waals surface area (Å²) in [5.41, 5.74) is 22.3. The third kappa shape index (κ3) is 4.13. The average molecular weight is 702 g/mol. The van der Waals surface area contributed by atoms with Crippen molar-refractivity contribution in [2.75, 3.05) is 4.90 Å². The van der Waals surface area contributed by atoms with Gasteiger partial charge in [-0.25, -0.2) is 0 Å². The fraction of sp³-hybridized carbons (Fsp3) is 0.111. The maximum absolute atomic E-state index is 2.51. The molecule has 4 aliphatic rings. The molecule has 8 aromatic carbocycles. The highest BCUT2D eigenvalue weighted by molar-refractivity contribution is 5.96. The number of nitrogens with zero attached hydrogens (tertiary/aromatic N) is 1. The summed E-state index contributed by atoms with van der Waals surface area (Å²) in [6.45, 7) is 0. The van der Waals surface area contributed by atoms with E-state index in [4.69, 9.17) is 0 Å². The van der Waals surface area contributed by atoms with E-state index in [2.05, 4.69) is 193 Å². The molecule has 1 fully saturated rings. The van der Waals surface area contributed by atoms with E-state index in [0.29, 0.717) is 0 Å². The molecule has 1 saturated carbocycles. The van der Waals surface area contributed by atoms with Crippen LogP contribution in [0.25, 0.3) is 44.5 Å². The minimum absolute atomic E-state index is 0.140. The Hall–Kier alpha value is -6.44. The molecule has 0 N–H and O–H groups in total. The number of benzene rings is 8. The number of rotatable bonds is 4. The molecule has 55 heavy (non-hydrogen) atoms. The highest BCUT2D eigenvalue weighted by Gasteiger charge is 2.52. The molecule has 0 saturated heterocycles. The SMILES string of the molecule is c1ccc(-c2ccc(N(c3ccc4c(c3)-c3ccccc3C43CCCC3)c3ccc4c(c3)C3(c5ccccc5-c5ccccc53)c3ccccc3-4)cc2)cc1. The van der Waals surface area contributed by atoms with Crippen molar-refractivity contribution in [2.24, 2.45) is 0 Å². The largest absolute Gasteiger partial charge is 0.310 e. The molecule has 0 amide bonds. The van der Waals surface area contributed by atoms with Gasteiger partial charge in [0.05, 0.1) is 5.41 Å². The van der Waals surface area contributed by atoms with Crippen LogP contribution >= 0.6 is 0 Å². The minimum Gasteiger partial charge on any atom is -0.310 e. The summed E-state index contributed by atoms with van der Waals surface area (Å²) < 4.78 is 0. The van der Waals surface area contributed by atoms with E-state index < -0.39 is 5.41 Å². The molecule has 1 nitrogen and oxygen atoms in total. The first-order valence-electron chi connectivity index (χ1n) is 19.9. The van der Waals surface area contributed by atoms with Crippen molar-refractivity contribution in [1.29, 1.82) is 0 Å². The van der Waals surface area contributed by atoms with E-state index in [-0.39, 0.29) is 5.41 Å². The molecule has 0 heterocycles. The smallest absolute Gasteiger partial charge is 0.0726 e. The monoisotopic (exact) mass is 701 g/mol. The zero-order valence-electron chi connectivity index (χ0n) is 30.7. The van der Waals surface area contributed by atoms with Crippen molar-refractivity contribution in [1.82, 2.24) is 0 Å². The Labute approximate surface area is 323 Å². The Kier molecular flexibility index (Phi) is 6.49. The standard InChI is InChI=1S/C54H39N/c1-2-14-36(15-3-1)37-24-26-38(27-25-37)55(39-29-31-48-46(34-39)44-19-4-8-20-47(44)53(48)32-12-13-33-53)40-28-30-45-43-18-7-11-23-51(43)54(52(45)35-40)49-21-9-5-16-41(49)42-17-6-10-22-50(42)54/h1-11,14-31,34-35H,12-13,32-33H2. The molecule has 4 aliphatic carbocycles. The van der Waals surface area contributed by atoms with Crippen molar-refractivity contribution >= 4 is 17.1 Å². The lowest BCUT2D eigenvalue weighted by Crippen LogP contribution is -2.26. The minimum atomic E-state index is -0.399. The van der Waals surface area contributed by atoms with Crippen LogP contribution in [-0.2, 0) is 10.8 Å². The zero-order valence-corrected chi connectivity index (χ0v) is 30.7. The normalized spacial score (nSPS) is 15.6. The second-order valence-electron chi connectivity index (χ2n) is 15.9. The summed E-state index contributed by atoms with van der Waals surface area (Å²) in [5, 5.41) is 0. The van der Waals surface area contributed by atoms with Gasteiger partial charge in [-0.1, -0.05) is 165 Å². The molecule has 0 aromatic heterocycles. The van der Waals surface area contributed by atoms with Crippen LogP contribution in [0.5, 0.6) is 0 Å². The highest BCUT2D eigenvalue weighted by atomic mass is 15.1. The Morgan fingerprint density at radius 2 is 0.745 bits per heavy atom. The molecular formula is C54H39N. The molecule has 0 bridgehead atoms. The quantitative estimate of drug-likeness (QED) is 0.177. The molecule has 0 aliphatic heterocycles. The van der Waals surface area contributed by atoms with Crippen molar-refractivity contribution in [3.8, 4) is 44.5 Å². The Morgan fingerprint density at radius 1 is 0.309 bits per heavy atom. The maximum Gasteiger partial charge on any atom is 0.0726 e. The highest BCUT2D eigenvalue weighted by Crippen LogP contribution is 2.63. The van der Waals surface area contributed by atoms with E-state index >= 15 is 0 Å². The van der Waals surface area contributed by atoms with Gasteiger partial charge in [-0.3, -0.25) is 0 Å². The summed E-state index contributed by atoms with van der Waals surface area (Å²) in [6.07, 6.45) is 5.05. The lowest BCUT2D eigenvalue weighted by molar-refractivity contribution is 0.550. The Bertz CT molecular complexity index is 2760. The number of hydrogen-bond acceptors (Lipinski definition) is 1. The Balaban J connectivity index is 1.10. The van der Waals surface area contributed by atoms with Gasteiger partial charge in [0.25, 0.3) is 0 Å². The Morgan fingerprint density at radius 3 is 1.36 bits per heavy atom. The van der Waals surface area contributed by atoms with E-state index in [0.717, 1.165) is 5.69 Å². The molecule has 1 heteroatoms. The van der Waals surface area contributed by atoms with Gasteiger partial charge in [0, 0.05) is 22.5 Å². The summed E-state index contributed by atoms with van der Waals surface area (Å²) in [5.74, 6) is 0. The summed E-state index contributed by atoms with van der Waals surface area (Å²) in [6, 6.07) is 71.0.